The molecule has 0 rings (SSSR count). The summed E-state index contributed by atoms with van der Waals surface area (Å²) in [5.74, 6) is 0. The van der Waals surface area contributed by atoms with E-state index < -0.39 is 0 Å². The van der Waals surface area contributed by atoms with Crippen LogP contribution in [0, 0.1) is 0 Å². The highest BCUT2D eigenvalue weighted by Gasteiger charge is 1.93. The van der Waals surface area contributed by atoms with Crippen LogP contribution in [0.1, 0.15) is 13.3 Å². The van der Waals surface area contributed by atoms with Crippen LogP contribution in [0.4, 0.5) is 0 Å². The van der Waals surface area contributed by atoms with Gasteiger partial charge in [0.25, 0.3) is 0 Å². The minimum atomic E-state index is 0. The zero-order chi connectivity index (χ0) is 6.57. The van der Waals surface area contributed by atoms with Gasteiger partial charge < -0.3 is 10.6 Å². The van der Waals surface area contributed by atoms with Crippen molar-refractivity contribution >= 4 is 17.0 Å². The van der Waals surface area contributed by atoms with Crippen molar-refractivity contribution in [3.05, 3.63) is 0 Å². The van der Waals surface area contributed by atoms with Crippen LogP contribution in [0.2, 0.25) is 0 Å². The molecule has 2 nitrogen and oxygen atoms in total. The molecule has 1 unspecified atom stereocenters. The SMILES string of the molecule is Br.CC(N)CCN(C)C. The van der Waals surface area contributed by atoms with Crippen LogP contribution in [0.15, 0.2) is 0 Å². The number of rotatable bonds is 3. The van der Waals surface area contributed by atoms with E-state index >= 15 is 0 Å². The average Bonchev–Trinajstić information content (AvgIpc) is 1.61. The molecule has 0 aromatic carbocycles. The Morgan fingerprint density at radius 2 is 1.89 bits per heavy atom. The van der Waals surface area contributed by atoms with Crippen molar-refractivity contribution in [2.45, 2.75) is 19.4 Å². The maximum atomic E-state index is 5.51. The molecule has 0 fully saturated rings. The molecule has 0 saturated carbocycles. The molecule has 0 amide bonds. The fraction of sp³-hybridized carbons (Fsp3) is 1.00. The van der Waals surface area contributed by atoms with Crippen LogP contribution in [0.3, 0.4) is 0 Å². The van der Waals surface area contributed by atoms with E-state index in [1.54, 1.807) is 0 Å². The maximum Gasteiger partial charge on any atom is 0.00226 e. The van der Waals surface area contributed by atoms with Gasteiger partial charge in [-0.2, -0.15) is 0 Å². The molecule has 0 spiro atoms. The first kappa shape index (κ1) is 12.1. The van der Waals surface area contributed by atoms with Gasteiger partial charge in [-0.1, -0.05) is 0 Å². The Kier molecular flexibility index (Phi) is 8.77. The van der Waals surface area contributed by atoms with Crippen molar-refractivity contribution in [2.24, 2.45) is 5.73 Å². The Labute approximate surface area is 68.2 Å². The molecule has 0 aliphatic heterocycles. The quantitative estimate of drug-likeness (QED) is 0.727. The van der Waals surface area contributed by atoms with Crippen LogP contribution in [-0.2, 0) is 0 Å². The Hall–Kier alpha value is 0.400. The van der Waals surface area contributed by atoms with Gasteiger partial charge in [-0.15, -0.1) is 17.0 Å². The highest BCUT2D eigenvalue weighted by atomic mass is 79.9. The second-order valence-electron chi connectivity index (χ2n) is 2.57. The summed E-state index contributed by atoms with van der Waals surface area (Å²) in [7, 11) is 4.12. The Morgan fingerprint density at radius 1 is 1.44 bits per heavy atom. The van der Waals surface area contributed by atoms with Crippen LogP contribution >= 0.6 is 17.0 Å². The molecule has 0 bridgehead atoms. The molecule has 0 radical (unpaired) electrons. The topological polar surface area (TPSA) is 29.3 Å². The standard InChI is InChI=1S/C6H16N2.BrH/c1-6(7)4-5-8(2)3;/h6H,4-5,7H2,1-3H3;1H. The molecule has 0 heterocycles. The normalized spacial score (nSPS) is 13.0. The van der Waals surface area contributed by atoms with Gasteiger partial charge in [0.05, 0.1) is 0 Å². The lowest BCUT2D eigenvalue weighted by Crippen LogP contribution is -2.22. The molecule has 0 aliphatic carbocycles. The van der Waals surface area contributed by atoms with E-state index in [0.29, 0.717) is 6.04 Å². The Morgan fingerprint density at radius 3 is 2.00 bits per heavy atom. The zero-order valence-electron chi connectivity index (χ0n) is 6.42. The maximum absolute atomic E-state index is 5.51. The van der Waals surface area contributed by atoms with E-state index in [-0.39, 0.29) is 17.0 Å². The van der Waals surface area contributed by atoms with E-state index in [4.69, 9.17) is 5.73 Å². The third-order valence-corrected chi connectivity index (χ3v) is 1.03. The first-order valence-electron chi connectivity index (χ1n) is 3.03. The predicted molar refractivity (Wildman–Crippen MR) is 47.1 cm³/mol. The lowest BCUT2D eigenvalue weighted by atomic mass is 10.2. The summed E-state index contributed by atoms with van der Waals surface area (Å²) in [5, 5.41) is 0. The number of nitrogens with two attached hydrogens (primary N) is 1. The summed E-state index contributed by atoms with van der Waals surface area (Å²) in [5.41, 5.74) is 5.51. The molecule has 1 atom stereocenters. The van der Waals surface area contributed by atoms with E-state index in [2.05, 4.69) is 19.0 Å². The molecular formula is C6H17BrN2. The van der Waals surface area contributed by atoms with E-state index in [0.717, 1.165) is 13.0 Å². The van der Waals surface area contributed by atoms with Crippen LogP contribution in [0.25, 0.3) is 0 Å². The van der Waals surface area contributed by atoms with Crippen molar-refractivity contribution in [3.8, 4) is 0 Å². The molecule has 9 heavy (non-hydrogen) atoms. The fourth-order valence-electron chi connectivity index (χ4n) is 0.462. The smallest absolute Gasteiger partial charge is 0.00226 e. The monoisotopic (exact) mass is 196 g/mol. The Bertz CT molecular complexity index is 47.0. The second-order valence-corrected chi connectivity index (χ2v) is 2.57. The summed E-state index contributed by atoms with van der Waals surface area (Å²) in [6.07, 6.45) is 1.09. The summed E-state index contributed by atoms with van der Waals surface area (Å²) in [6.45, 7) is 3.13. The van der Waals surface area contributed by atoms with E-state index in [1.807, 2.05) is 6.92 Å². The van der Waals surface area contributed by atoms with Gasteiger partial charge >= 0.3 is 0 Å². The number of hydrogen-bond acceptors (Lipinski definition) is 2. The number of hydrogen-bond donors (Lipinski definition) is 1. The molecular weight excluding hydrogens is 180 g/mol. The lowest BCUT2D eigenvalue weighted by Gasteiger charge is -2.10. The first-order chi connectivity index (χ1) is 3.63. The Balaban J connectivity index is 0. The van der Waals surface area contributed by atoms with Crippen LogP contribution in [0.5, 0.6) is 0 Å². The summed E-state index contributed by atoms with van der Waals surface area (Å²) >= 11 is 0. The molecule has 0 saturated heterocycles. The van der Waals surface area contributed by atoms with Gasteiger partial charge in [0, 0.05) is 6.04 Å². The van der Waals surface area contributed by atoms with Gasteiger partial charge in [0.15, 0.2) is 0 Å². The van der Waals surface area contributed by atoms with Crippen molar-refractivity contribution in [3.63, 3.8) is 0 Å². The van der Waals surface area contributed by atoms with Crippen molar-refractivity contribution in [2.75, 3.05) is 20.6 Å². The molecule has 0 aliphatic rings. The summed E-state index contributed by atoms with van der Waals surface area (Å²) in [4.78, 5) is 2.14. The third kappa shape index (κ3) is 11.8. The highest BCUT2D eigenvalue weighted by Crippen LogP contribution is 1.86. The zero-order valence-corrected chi connectivity index (χ0v) is 8.14. The summed E-state index contributed by atoms with van der Waals surface area (Å²) in [6, 6.07) is 0.345. The molecule has 58 valence electrons. The van der Waals surface area contributed by atoms with Gasteiger partial charge in [-0.25, -0.2) is 0 Å². The van der Waals surface area contributed by atoms with E-state index in [1.165, 1.54) is 0 Å². The summed E-state index contributed by atoms with van der Waals surface area (Å²) < 4.78 is 0. The highest BCUT2D eigenvalue weighted by molar-refractivity contribution is 8.93. The van der Waals surface area contributed by atoms with Crippen molar-refractivity contribution < 1.29 is 0 Å². The van der Waals surface area contributed by atoms with Crippen LogP contribution < -0.4 is 5.73 Å². The van der Waals surface area contributed by atoms with Crippen molar-refractivity contribution in [1.29, 1.82) is 0 Å². The average molecular weight is 197 g/mol. The number of nitrogens with zero attached hydrogens (tertiary/aromatic N) is 1. The van der Waals surface area contributed by atoms with Gasteiger partial charge in [-0.05, 0) is 34.0 Å². The fourth-order valence-corrected chi connectivity index (χ4v) is 0.462. The first-order valence-corrected chi connectivity index (χ1v) is 3.03. The van der Waals surface area contributed by atoms with E-state index in [9.17, 15) is 0 Å². The van der Waals surface area contributed by atoms with Crippen molar-refractivity contribution in [1.82, 2.24) is 4.90 Å². The number of halogens is 1. The van der Waals surface area contributed by atoms with Gasteiger partial charge in [0.2, 0.25) is 0 Å². The lowest BCUT2D eigenvalue weighted by molar-refractivity contribution is 0.386. The minimum absolute atomic E-state index is 0. The molecule has 0 aromatic heterocycles. The van der Waals surface area contributed by atoms with Gasteiger partial charge in [-0.3, -0.25) is 0 Å². The largest absolute Gasteiger partial charge is 0.328 e. The molecule has 3 heteroatoms. The molecule has 0 aromatic rings. The van der Waals surface area contributed by atoms with Crippen LogP contribution in [-0.4, -0.2) is 31.6 Å². The van der Waals surface area contributed by atoms with Gasteiger partial charge in [0.1, 0.15) is 0 Å². The second kappa shape index (κ2) is 6.52. The third-order valence-electron chi connectivity index (χ3n) is 1.03. The predicted octanol–water partition coefficient (Wildman–Crippen LogP) is 0.863. The molecule has 2 N–H and O–H groups in total. The minimum Gasteiger partial charge on any atom is -0.328 e.